The minimum atomic E-state index is -0.177. The molecule has 0 aromatic heterocycles. The number of fused-ring (bicyclic) bond motifs is 7. The number of aliphatic hydroxyl groups is 2. The van der Waals surface area contributed by atoms with Crippen molar-refractivity contribution in [3.05, 3.63) is 12.7 Å². The van der Waals surface area contributed by atoms with Gasteiger partial charge in [0, 0.05) is 6.61 Å². The molecule has 5 rings (SSSR count). The van der Waals surface area contributed by atoms with Gasteiger partial charge in [0.05, 0.1) is 6.10 Å². The molecule has 0 bridgehead atoms. The highest BCUT2D eigenvalue weighted by Gasteiger charge is 2.73. The topological polar surface area (TPSA) is 40.5 Å². The van der Waals surface area contributed by atoms with Crippen molar-refractivity contribution in [3.63, 3.8) is 0 Å². The summed E-state index contributed by atoms with van der Waals surface area (Å²) in [4.78, 5) is 0. The molecule has 2 N–H and O–H groups in total. The summed E-state index contributed by atoms with van der Waals surface area (Å²) in [6.07, 6.45) is 14.3. The van der Waals surface area contributed by atoms with Gasteiger partial charge >= 0.3 is 0 Å². The Kier molecular flexibility index (Phi) is 5.02. The van der Waals surface area contributed by atoms with Crippen molar-refractivity contribution in [2.24, 2.45) is 56.2 Å². The van der Waals surface area contributed by atoms with Gasteiger partial charge in [-0.3, -0.25) is 0 Å². The van der Waals surface area contributed by atoms with Gasteiger partial charge in [0.25, 0.3) is 0 Å². The van der Waals surface area contributed by atoms with E-state index in [1.54, 1.807) is 0 Å². The molecule has 0 aromatic rings. The Morgan fingerprint density at radius 2 is 1.47 bits per heavy atom. The van der Waals surface area contributed by atoms with Gasteiger partial charge in [0.2, 0.25) is 0 Å². The minimum absolute atomic E-state index is 0.0307. The molecule has 2 nitrogen and oxygen atoms in total. The second-order valence-electron chi connectivity index (χ2n) is 14.6. The average molecular weight is 443 g/mol. The fraction of sp³-hybridized carbons (Fsp3) is 0.933. The molecular formula is C30H50O2. The third-order valence-electron chi connectivity index (χ3n) is 14.4. The van der Waals surface area contributed by atoms with Crippen LogP contribution in [0.5, 0.6) is 0 Å². The van der Waals surface area contributed by atoms with Gasteiger partial charge in [0.15, 0.2) is 0 Å². The average Bonchev–Trinajstić information content (AvgIpc) is 3.14. The molecule has 5 saturated carbocycles. The molecule has 182 valence electrons. The zero-order valence-electron chi connectivity index (χ0n) is 21.8. The van der Waals surface area contributed by atoms with Crippen LogP contribution in [0.1, 0.15) is 106 Å². The van der Waals surface area contributed by atoms with Crippen molar-refractivity contribution in [2.75, 3.05) is 6.61 Å². The van der Waals surface area contributed by atoms with E-state index in [0.717, 1.165) is 12.3 Å². The van der Waals surface area contributed by atoms with Crippen LogP contribution >= 0.6 is 0 Å². The van der Waals surface area contributed by atoms with Gasteiger partial charge in [0.1, 0.15) is 0 Å². The van der Waals surface area contributed by atoms with Gasteiger partial charge in [-0.1, -0.05) is 47.6 Å². The van der Waals surface area contributed by atoms with Crippen molar-refractivity contribution < 1.29 is 10.2 Å². The van der Waals surface area contributed by atoms with E-state index in [4.69, 9.17) is 0 Å². The highest BCUT2D eigenvalue weighted by molar-refractivity contribution is 5.22. The molecule has 0 aliphatic heterocycles. The van der Waals surface area contributed by atoms with E-state index >= 15 is 0 Å². The molecule has 0 spiro atoms. The first-order valence-electron chi connectivity index (χ1n) is 13.8. The van der Waals surface area contributed by atoms with Crippen LogP contribution in [-0.4, -0.2) is 22.9 Å². The summed E-state index contributed by atoms with van der Waals surface area (Å²) in [6, 6.07) is 0. The smallest absolute Gasteiger partial charge is 0.0596 e. The number of hydrogen-bond acceptors (Lipinski definition) is 2. The first-order chi connectivity index (χ1) is 14.9. The fourth-order valence-electron chi connectivity index (χ4n) is 11.5. The lowest BCUT2D eigenvalue weighted by Gasteiger charge is -2.75. The molecule has 0 aromatic carbocycles. The second kappa shape index (κ2) is 6.87. The lowest BCUT2D eigenvalue weighted by atomic mass is 9.29. The number of hydrogen-bond donors (Lipinski definition) is 2. The molecule has 0 amide bonds. The lowest BCUT2D eigenvalue weighted by molar-refractivity contribution is -0.280. The molecule has 5 aliphatic rings. The van der Waals surface area contributed by atoms with Crippen molar-refractivity contribution in [1.29, 1.82) is 0 Å². The Hall–Kier alpha value is -0.340. The third-order valence-corrected chi connectivity index (χ3v) is 14.4. The SMILES string of the molecule is C=CC1CCC2(CO)CCC3(C)C(CCC4C3(C)CCC3(C)C(C)(C)C(O)CCC43C)C12. The number of aliphatic hydroxyl groups excluding tert-OH is 2. The van der Waals surface area contributed by atoms with E-state index in [2.05, 4.69) is 54.2 Å². The van der Waals surface area contributed by atoms with E-state index in [-0.39, 0.29) is 27.8 Å². The van der Waals surface area contributed by atoms with E-state index < -0.39 is 0 Å². The highest BCUT2D eigenvalue weighted by Crippen LogP contribution is 2.79. The number of allylic oxidation sites excluding steroid dienone is 1. The first-order valence-corrected chi connectivity index (χ1v) is 13.8. The van der Waals surface area contributed by atoms with Crippen LogP contribution in [0.25, 0.3) is 0 Å². The van der Waals surface area contributed by atoms with E-state index in [0.29, 0.717) is 35.2 Å². The zero-order valence-corrected chi connectivity index (χ0v) is 21.8. The highest BCUT2D eigenvalue weighted by atomic mass is 16.3. The van der Waals surface area contributed by atoms with Gasteiger partial charge < -0.3 is 10.2 Å². The summed E-state index contributed by atoms with van der Waals surface area (Å²) in [5.74, 6) is 2.64. The maximum atomic E-state index is 11.0. The van der Waals surface area contributed by atoms with E-state index in [9.17, 15) is 10.2 Å². The molecular weight excluding hydrogens is 392 g/mol. The van der Waals surface area contributed by atoms with Gasteiger partial charge in [-0.15, -0.1) is 6.58 Å². The Labute approximate surface area is 197 Å². The zero-order chi connectivity index (χ0) is 23.4. The van der Waals surface area contributed by atoms with Gasteiger partial charge in [-0.2, -0.15) is 0 Å². The second-order valence-corrected chi connectivity index (χ2v) is 14.6. The molecule has 32 heavy (non-hydrogen) atoms. The van der Waals surface area contributed by atoms with Crippen LogP contribution in [0.15, 0.2) is 12.7 Å². The molecule has 5 aliphatic carbocycles. The van der Waals surface area contributed by atoms with Crippen molar-refractivity contribution in [2.45, 2.75) is 112 Å². The summed E-state index contributed by atoms with van der Waals surface area (Å²) >= 11 is 0. The summed E-state index contributed by atoms with van der Waals surface area (Å²) < 4.78 is 0. The van der Waals surface area contributed by atoms with Gasteiger partial charge in [-0.05, 0) is 120 Å². The third kappa shape index (κ3) is 2.40. The summed E-state index contributed by atoms with van der Waals surface area (Å²) in [5.41, 5.74) is 1.28. The van der Waals surface area contributed by atoms with Crippen LogP contribution in [0.4, 0.5) is 0 Å². The molecule has 0 radical (unpaired) electrons. The number of rotatable bonds is 2. The van der Waals surface area contributed by atoms with Crippen molar-refractivity contribution in [3.8, 4) is 0 Å². The van der Waals surface area contributed by atoms with Crippen LogP contribution in [0, 0.1) is 56.2 Å². The van der Waals surface area contributed by atoms with Crippen molar-refractivity contribution >= 4 is 0 Å². The standard InChI is InChI=1S/C30H50O2/c1-8-20-11-14-30(19-31)18-16-26(4)21(24(20)30)9-10-22-27(26,5)15-17-29(7)25(2,3)23(32)12-13-28(22,29)6/h8,20-24,31-32H,1,9-19H2,2-7H3. The Morgan fingerprint density at radius 1 is 0.781 bits per heavy atom. The van der Waals surface area contributed by atoms with Crippen LogP contribution in [-0.2, 0) is 0 Å². The summed E-state index contributed by atoms with van der Waals surface area (Å²) in [7, 11) is 0. The normalized spacial score (nSPS) is 58.8. The Morgan fingerprint density at radius 3 is 2.12 bits per heavy atom. The molecule has 10 atom stereocenters. The largest absolute Gasteiger partial charge is 0.396 e. The summed E-state index contributed by atoms with van der Waals surface area (Å²) in [6.45, 7) is 19.8. The van der Waals surface area contributed by atoms with Crippen LogP contribution in [0.2, 0.25) is 0 Å². The van der Waals surface area contributed by atoms with E-state index in [1.807, 2.05) is 0 Å². The van der Waals surface area contributed by atoms with Crippen LogP contribution < -0.4 is 0 Å². The quantitative estimate of drug-likeness (QED) is 0.452. The maximum Gasteiger partial charge on any atom is 0.0596 e. The lowest BCUT2D eigenvalue weighted by Crippen LogP contribution is -2.70. The Balaban J connectivity index is 1.57. The molecule has 2 heteroatoms. The predicted octanol–water partition coefficient (Wildman–Crippen LogP) is 7.00. The van der Waals surface area contributed by atoms with Crippen LogP contribution in [0.3, 0.4) is 0 Å². The van der Waals surface area contributed by atoms with Gasteiger partial charge in [-0.25, -0.2) is 0 Å². The molecule has 0 saturated heterocycles. The van der Waals surface area contributed by atoms with E-state index in [1.165, 1.54) is 57.8 Å². The predicted molar refractivity (Wildman–Crippen MR) is 132 cm³/mol. The monoisotopic (exact) mass is 442 g/mol. The molecule has 10 unspecified atom stereocenters. The minimum Gasteiger partial charge on any atom is -0.396 e. The van der Waals surface area contributed by atoms with Crippen molar-refractivity contribution in [1.82, 2.24) is 0 Å². The maximum absolute atomic E-state index is 11.0. The first kappa shape index (κ1) is 23.4. The molecule has 5 fully saturated rings. The fourth-order valence-corrected chi connectivity index (χ4v) is 11.5. The molecule has 0 heterocycles. The summed E-state index contributed by atoms with van der Waals surface area (Å²) in [5, 5.41) is 21.6. The Bertz CT molecular complexity index is 788.